The highest BCUT2D eigenvalue weighted by Crippen LogP contribution is 2.17. The van der Waals surface area contributed by atoms with Crippen molar-refractivity contribution in [3.05, 3.63) is 35.5 Å². The number of carbonyl (C=O) groups excluding carboxylic acids is 1. The molecule has 0 spiro atoms. The van der Waals surface area contributed by atoms with Crippen molar-refractivity contribution in [1.29, 1.82) is 0 Å². The van der Waals surface area contributed by atoms with E-state index in [9.17, 15) is 4.79 Å². The van der Waals surface area contributed by atoms with Crippen LogP contribution in [-0.2, 0) is 0 Å². The third-order valence-corrected chi connectivity index (χ3v) is 1.95. The smallest absolute Gasteiger partial charge is 0.152 e. The van der Waals surface area contributed by atoms with Gasteiger partial charge in [-0.1, -0.05) is 11.6 Å². The van der Waals surface area contributed by atoms with Crippen molar-refractivity contribution in [3.63, 3.8) is 0 Å². The maximum Gasteiger partial charge on any atom is 0.152 e. The van der Waals surface area contributed by atoms with Gasteiger partial charge in [0.05, 0.1) is 0 Å². The van der Waals surface area contributed by atoms with Crippen molar-refractivity contribution in [2.24, 2.45) is 0 Å². The summed E-state index contributed by atoms with van der Waals surface area (Å²) in [5.41, 5.74) is 2.44. The normalized spacial score (nSPS) is 11.6. The molecule has 0 unspecified atom stereocenters. The Hall–Kier alpha value is -1.57. The maximum atomic E-state index is 10.9. The zero-order valence-electron chi connectivity index (χ0n) is 7.72. The molecule has 60 valence electrons. The zero-order valence-corrected chi connectivity index (χ0v) is 6.72. The first-order chi connectivity index (χ1) is 6.18. The highest BCUT2D eigenvalue weighted by atomic mass is 16.1. The van der Waals surface area contributed by atoms with Gasteiger partial charge in [0.25, 0.3) is 0 Å². The lowest BCUT2D eigenvalue weighted by Gasteiger charge is -1.92. The molecule has 1 N–H and O–H groups in total. The minimum atomic E-state index is -0.642. The standard InChI is InChI=1S/C10H9NO/c1-7-2-3-10-9(4-7)8(6-12)5-11-10/h2-6,11H,1H3/i6D. The lowest BCUT2D eigenvalue weighted by molar-refractivity contribution is 0.112. The van der Waals surface area contributed by atoms with E-state index in [0.29, 0.717) is 5.56 Å². The highest BCUT2D eigenvalue weighted by Gasteiger charge is 2.00. The molecule has 0 saturated heterocycles. The van der Waals surface area contributed by atoms with Gasteiger partial charge in [-0.25, -0.2) is 0 Å². The Morgan fingerprint density at radius 3 is 3.17 bits per heavy atom. The molecule has 0 aliphatic rings. The van der Waals surface area contributed by atoms with Gasteiger partial charge in [0, 0.05) is 22.7 Å². The van der Waals surface area contributed by atoms with Gasteiger partial charge in [-0.15, -0.1) is 0 Å². The Kier molecular flexibility index (Phi) is 1.24. The molecular formula is C10H9NO. The Labute approximate surface area is 71.6 Å². The first-order valence-electron chi connectivity index (χ1n) is 4.27. The van der Waals surface area contributed by atoms with E-state index in [1.165, 1.54) is 0 Å². The number of nitrogens with one attached hydrogen (secondary N) is 1. The number of hydrogen-bond acceptors (Lipinski definition) is 1. The largest absolute Gasteiger partial charge is 0.360 e. The van der Waals surface area contributed by atoms with Gasteiger partial charge < -0.3 is 4.98 Å². The van der Waals surface area contributed by atoms with E-state index < -0.39 is 6.26 Å². The lowest BCUT2D eigenvalue weighted by atomic mass is 10.1. The van der Waals surface area contributed by atoms with Crippen LogP contribution in [0.15, 0.2) is 24.4 Å². The second-order valence-corrected chi connectivity index (χ2v) is 2.85. The SMILES string of the molecule is [2H]C(=O)c1c[nH]c2ccc(C)cc12. The molecule has 2 rings (SSSR count). The molecule has 0 radical (unpaired) electrons. The predicted octanol–water partition coefficient (Wildman–Crippen LogP) is 2.29. The molecule has 1 aromatic carbocycles. The van der Waals surface area contributed by atoms with Crippen molar-refractivity contribution in [2.45, 2.75) is 6.92 Å². The number of rotatable bonds is 1. The molecule has 1 aromatic heterocycles. The molecule has 2 heteroatoms. The number of aldehydes is 1. The van der Waals surface area contributed by atoms with Gasteiger partial charge in [0.1, 0.15) is 1.37 Å². The molecule has 0 aliphatic carbocycles. The van der Waals surface area contributed by atoms with E-state index in [-0.39, 0.29) is 0 Å². The molecular weight excluding hydrogens is 150 g/mol. The number of aromatic nitrogens is 1. The number of benzene rings is 1. The van der Waals surface area contributed by atoms with Crippen LogP contribution < -0.4 is 0 Å². The summed E-state index contributed by atoms with van der Waals surface area (Å²) in [6.07, 6.45) is 0.941. The van der Waals surface area contributed by atoms with E-state index >= 15 is 0 Å². The Morgan fingerprint density at radius 1 is 1.58 bits per heavy atom. The first kappa shape index (κ1) is 6.00. The van der Waals surface area contributed by atoms with Crippen LogP contribution in [-0.4, -0.2) is 11.2 Å². The van der Waals surface area contributed by atoms with Gasteiger partial charge in [0.15, 0.2) is 6.26 Å². The van der Waals surface area contributed by atoms with E-state index in [0.717, 1.165) is 16.5 Å². The number of aromatic amines is 1. The molecule has 0 atom stereocenters. The second-order valence-electron chi connectivity index (χ2n) is 2.85. The average Bonchev–Trinajstić information content (AvgIpc) is 2.46. The van der Waals surface area contributed by atoms with Crippen LogP contribution in [0.25, 0.3) is 10.9 Å². The number of carbonyl (C=O) groups is 1. The van der Waals surface area contributed by atoms with Gasteiger partial charge in [-0.2, -0.15) is 0 Å². The summed E-state index contributed by atoms with van der Waals surface area (Å²) in [4.78, 5) is 13.8. The quantitative estimate of drug-likeness (QED) is 0.638. The molecule has 2 nitrogen and oxygen atoms in total. The second kappa shape index (κ2) is 2.48. The van der Waals surface area contributed by atoms with Crippen LogP contribution in [0.3, 0.4) is 0 Å². The van der Waals surface area contributed by atoms with Crippen molar-refractivity contribution in [1.82, 2.24) is 4.98 Å². The molecule has 12 heavy (non-hydrogen) atoms. The van der Waals surface area contributed by atoms with E-state index in [1.54, 1.807) is 6.20 Å². The molecule has 0 saturated carbocycles. The third kappa shape index (κ3) is 0.925. The fraction of sp³-hybridized carbons (Fsp3) is 0.100. The number of fused-ring (bicyclic) bond motifs is 1. The Balaban J connectivity index is 2.79. The van der Waals surface area contributed by atoms with E-state index in [2.05, 4.69) is 4.98 Å². The molecule has 1 heterocycles. The van der Waals surface area contributed by atoms with Crippen molar-refractivity contribution in [2.75, 3.05) is 0 Å². The Morgan fingerprint density at radius 2 is 2.42 bits per heavy atom. The van der Waals surface area contributed by atoms with E-state index in [1.807, 2.05) is 25.1 Å². The molecule has 0 aliphatic heterocycles. The van der Waals surface area contributed by atoms with Crippen molar-refractivity contribution in [3.8, 4) is 0 Å². The average molecular weight is 160 g/mol. The summed E-state index contributed by atoms with van der Waals surface area (Å²) < 4.78 is 7.03. The van der Waals surface area contributed by atoms with Crippen molar-refractivity contribution < 1.29 is 6.17 Å². The number of aryl methyl sites for hydroxylation is 1. The van der Waals surface area contributed by atoms with Gasteiger partial charge in [-0.3, -0.25) is 4.79 Å². The van der Waals surface area contributed by atoms with Gasteiger partial charge in [-0.05, 0) is 19.1 Å². The van der Waals surface area contributed by atoms with Crippen molar-refractivity contribution >= 4 is 17.2 Å². The minimum Gasteiger partial charge on any atom is -0.360 e. The van der Waals surface area contributed by atoms with Crippen LogP contribution in [0, 0.1) is 6.92 Å². The summed E-state index contributed by atoms with van der Waals surface area (Å²) >= 11 is 0. The molecule has 0 bridgehead atoms. The third-order valence-electron chi connectivity index (χ3n) is 1.95. The number of hydrogen-bond donors (Lipinski definition) is 1. The minimum absolute atomic E-state index is 0.443. The van der Waals surface area contributed by atoms with Crippen LogP contribution in [0.1, 0.15) is 17.3 Å². The summed E-state index contributed by atoms with van der Waals surface area (Å²) in [6.45, 7) is 1.96. The lowest BCUT2D eigenvalue weighted by Crippen LogP contribution is -1.75. The summed E-state index contributed by atoms with van der Waals surface area (Å²) in [5.74, 6) is 0. The van der Waals surface area contributed by atoms with Crippen LogP contribution in [0.2, 0.25) is 0 Å². The zero-order chi connectivity index (χ0) is 9.42. The topological polar surface area (TPSA) is 32.9 Å². The predicted molar refractivity (Wildman–Crippen MR) is 48.4 cm³/mol. The highest BCUT2D eigenvalue weighted by molar-refractivity contribution is 5.97. The summed E-state index contributed by atoms with van der Waals surface area (Å²) in [7, 11) is 0. The number of H-pyrrole nitrogens is 1. The first-order valence-corrected chi connectivity index (χ1v) is 3.77. The fourth-order valence-electron chi connectivity index (χ4n) is 1.32. The van der Waals surface area contributed by atoms with Crippen LogP contribution in [0.5, 0.6) is 0 Å². The van der Waals surface area contributed by atoms with Gasteiger partial charge in [0.2, 0.25) is 0 Å². The van der Waals surface area contributed by atoms with Gasteiger partial charge >= 0.3 is 0 Å². The molecule has 2 aromatic rings. The molecule has 0 fully saturated rings. The summed E-state index contributed by atoms with van der Waals surface area (Å²) in [6, 6.07) is 5.79. The Bertz CT molecular complexity index is 473. The summed E-state index contributed by atoms with van der Waals surface area (Å²) in [5, 5.41) is 0.833. The molecule has 0 amide bonds. The van der Waals surface area contributed by atoms with Crippen LogP contribution in [0.4, 0.5) is 0 Å². The fourth-order valence-corrected chi connectivity index (χ4v) is 1.32. The van der Waals surface area contributed by atoms with E-state index in [4.69, 9.17) is 1.37 Å². The monoisotopic (exact) mass is 160 g/mol. The maximum absolute atomic E-state index is 10.9. The van der Waals surface area contributed by atoms with Crippen LogP contribution >= 0.6 is 0 Å².